The maximum absolute atomic E-state index is 12.4. The van der Waals surface area contributed by atoms with Gasteiger partial charge in [-0.3, -0.25) is 0 Å². The lowest BCUT2D eigenvalue weighted by Crippen LogP contribution is -2.19. The third kappa shape index (κ3) is 3.88. The molecule has 2 aromatic rings. The highest BCUT2D eigenvalue weighted by Crippen LogP contribution is 2.23. The van der Waals surface area contributed by atoms with Gasteiger partial charge in [0, 0.05) is 0 Å². The van der Waals surface area contributed by atoms with Crippen molar-refractivity contribution in [1.29, 1.82) is 0 Å². The summed E-state index contributed by atoms with van der Waals surface area (Å²) in [5.41, 5.74) is 0. The highest BCUT2D eigenvalue weighted by Gasteiger charge is 2.22. The summed E-state index contributed by atoms with van der Waals surface area (Å²) in [4.78, 5) is 4.28. The predicted molar refractivity (Wildman–Crippen MR) is 82.8 cm³/mol. The third-order valence-electron chi connectivity index (χ3n) is 2.84. The Morgan fingerprint density at radius 3 is 2.76 bits per heavy atom. The van der Waals surface area contributed by atoms with Gasteiger partial charge >= 0.3 is 0 Å². The number of aromatic nitrogens is 3. The quantitative estimate of drug-likeness (QED) is 0.547. The van der Waals surface area contributed by atoms with Crippen LogP contribution >= 0.6 is 11.8 Å². The van der Waals surface area contributed by atoms with Crippen LogP contribution < -0.4 is 0 Å². The molecule has 0 aliphatic rings. The van der Waals surface area contributed by atoms with Crippen molar-refractivity contribution in [3.63, 3.8) is 0 Å². The Bertz CT molecular complexity index is 663. The standard InChI is InChI=1S/C13H19N3O3S2/c1-3-5-6-10-21(17,18)16-13(20-4-2)14-12(15-16)11-8-7-9-19-11/h7-9H,3-6,10H2,1-2H3. The van der Waals surface area contributed by atoms with E-state index < -0.39 is 10.0 Å². The molecular weight excluding hydrogens is 310 g/mol. The molecule has 0 aliphatic heterocycles. The first-order valence-corrected chi connectivity index (χ1v) is 9.55. The van der Waals surface area contributed by atoms with E-state index in [1.54, 1.807) is 12.1 Å². The third-order valence-corrected chi connectivity index (χ3v) is 5.35. The van der Waals surface area contributed by atoms with Crippen molar-refractivity contribution < 1.29 is 12.8 Å². The van der Waals surface area contributed by atoms with Gasteiger partial charge in [-0.1, -0.05) is 38.5 Å². The summed E-state index contributed by atoms with van der Waals surface area (Å²) >= 11 is 1.35. The van der Waals surface area contributed by atoms with E-state index in [4.69, 9.17) is 4.42 Å². The van der Waals surface area contributed by atoms with E-state index in [1.807, 2.05) is 13.8 Å². The van der Waals surface area contributed by atoms with Gasteiger partial charge in [-0.25, -0.2) is 8.42 Å². The summed E-state index contributed by atoms with van der Waals surface area (Å²) in [6.07, 6.45) is 4.00. The fourth-order valence-electron chi connectivity index (χ4n) is 1.81. The number of hydrogen-bond donors (Lipinski definition) is 0. The van der Waals surface area contributed by atoms with E-state index in [1.165, 1.54) is 18.0 Å². The van der Waals surface area contributed by atoms with Gasteiger partial charge in [0.1, 0.15) is 0 Å². The topological polar surface area (TPSA) is 78.0 Å². The lowest BCUT2D eigenvalue weighted by atomic mass is 10.3. The van der Waals surface area contributed by atoms with Crippen LogP contribution in [0.15, 0.2) is 28.0 Å². The molecule has 0 amide bonds. The molecule has 0 aromatic carbocycles. The summed E-state index contributed by atoms with van der Waals surface area (Å²) < 4.78 is 31.1. The Labute approximate surface area is 129 Å². The Morgan fingerprint density at radius 2 is 2.14 bits per heavy atom. The second-order valence-electron chi connectivity index (χ2n) is 4.49. The maximum Gasteiger partial charge on any atom is 0.256 e. The molecule has 0 bridgehead atoms. The summed E-state index contributed by atoms with van der Waals surface area (Å²) in [6, 6.07) is 3.43. The Hall–Kier alpha value is -1.28. The molecule has 0 N–H and O–H groups in total. The second kappa shape index (κ2) is 7.13. The van der Waals surface area contributed by atoms with Crippen LogP contribution in [0.3, 0.4) is 0 Å². The van der Waals surface area contributed by atoms with Crippen LogP contribution in [-0.4, -0.2) is 34.1 Å². The van der Waals surface area contributed by atoms with Gasteiger partial charge in [-0.2, -0.15) is 4.98 Å². The lowest BCUT2D eigenvalue weighted by molar-refractivity contribution is 0.566. The number of nitrogens with zero attached hydrogens (tertiary/aromatic N) is 3. The van der Waals surface area contributed by atoms with Crippen LogP contribution in [0.25, 0.3) is 11.6 Å². The van der Waals surface area contributed by atoms with E-state index in [-0.39, 0.29) is 5.75 Å². The van der Waals surface area contributed by atoms with Crippen LogP contribution in [0.1, 0.15) is 33.1 Å². The van der Waals surface area contributed by atoms with E-state index in [0.717, 1.165) is 22.7 Å². The van der Waals surface area contributed by atoms with Gasteiger partial charge in [0.25, 0.3) is 10.0 Å². The minimum atomic E-state index is -3.48. The van der Waals surface area contributed by atoms with Crippen LogP contribution in [0.4, 0.5) is 0 Å². The molecule has 116 valence electrons. The van der Waals surface area contributed by atoms with E-state index in [9.17, 15) is 8.42 Å². The maximum atomic E-state index is 12.4. The van der Waals surface area contributed by atoms with Crippen LogP contribution in [-0.2, 0) is 10.0 Å². The first-order valence-electron chi connectivity index (χ1n) is 6.95. The Balaban J connectivity index is 2.32. The molecule has 0 saturated carbocycles. The monoisotopic (exact) mass is 329 g/mol. The highest BCUT2D eigenvalue weighted by molar-refractivity contribution is 7.99. The van der Waals surface area contributed by atoms with E-state index in [2.05, 4.69) is 10.1 Å². The van der Waals surface area contributed by atoms with E-state index >= 15 is 0 Å². The van der Waals surface area contributed by atoms with Crippen LogP contribution in [0.2, 0.25) is 0 Å². The average Bonchev–Trinajstić information content (AvgIpc) is 3.07. The molecule has 2 aromatic heterocycles. The number of thioether (sulfide) groups is 1. The summed E-state index contributed by atoms with van der Waals surface area (Å²) in [5, 5.41) is 4.51. The summed E-state index contributed by atoms with van der Waals surface area (Å²) in [7, 11) is -3.48. The molecule has 0 spiro atoms. The zero-order chi connectivity index (χ0) is 15.3. The SMILES string of the molecule is CCCCCS(=O)(=O)n1nc(-c2ccco2)nc1SCC. The smallest absolute Gasteiger partial charge is 0.256 e. The molecule has 0 unspecified atom stereocenters. The number of rotatable bonds is 8. The molecule has 0 atom stereocenters. The van der Waals surface area contributed by atoms with Gasteiger partial charge in [0.2, 0.25) is 11.0 Å². The molecule has 8 heteroatoms. The van der Waals surface area contributed by atoms with Crippen molar-refractivity contribution in [3.05, 3.63) is 18.4 Å². The van der Waals surface area contributed by atoms with Crippen molar-refractivity contribution in [2.75, 3.05) is 11.5 Å². The van der Waals surface area contributed by atoms with E-state index in [0.29, 0.717) is 23.2 Å². The first kappa shape index (κ1) is 16.1. The van der Waals surface area contributed by atoms with Gasteiger partial charge < -0.3 is 4.42 Å². The molecule has 2 heterocycles. The minimum absolute atomic E-state index is 0.0824. The number of furan rings is 1. The number of hydrogen-bond acceptors (Lipinski definition) is 6. The van der Waals surface area contributed by atoms with Crippen molar-refractivity contribution in [2.45, 2.75) is 38.3 Å². The molecule has 0 aliphatic carbocycles. The van der Waals surface area contributed by atoms with Crippen molar-refractivity contribution in [3.8, 4) is 11.6 Å². The normalized spacial score (nSPS) is 11.9. The minimum Gasteiger partial charge on any atom is -0.461 e. The molecule has 6 nitrogen and oxygen atoms in total. The lowest BCUT2D eigenvalue weighted by Gasteiger charge is -2.05. The van der Waals surface area contributed by atoms with Gasteiger partial charge in [-0.05, 0) is 24.3 Å². The zero-order valence-electron chi connectivity index (χ0n) is 12.2. The predicted octanol–water partition coefficient (Wildman–Crippen LogP) is 3.02. The van der Waals surface area contributed by atoms with Crippen LogP contribution in [0, 0.1) is 0 Å². The van der Waals surface area contributed by atoms with Gasteiger partial charge in [0.15, 0.2) is 5.76 Å². The van der Waals surface area contributed by atoms with Crippen LogP contribution in [0.5, 0.6) is 0 Å². The van der Waals surface area contributed by atoms with Gasteiger partial charge in [0.05, 0.1) is 12.0 Å². The largest absolute Gasteiger partial charge is 0.461 e. The molecule has 21 heavy (non-hydrogen) atoms. The molecular formula is C13H19N3O3S2. The molecule has 0 saturated heterocycles. The summed E-state index contributed by atoms with van der Waals surface area (Å²) in [6.45, 7) is 3.98. The zero-order valence-corrected chi connectivity index (χ0v) is 13.8. The average molecular weight is 329 g/mol. The van der Waals surface area contributed by atoms with Gasteiger partial charge in [-0.15, -0.1) is 9.19 Å². The fourth-order valence-corrected chi connectivity index (χ4v) is 4.10. The highest BCUT2D eigenvalue weighted by atomic mass is 32.2. The molecule has 2 rings (SSSR count). The fraction of sp³-hybridized carbons (Fsp3) is 0.538. The van der Waals surface area contributed by atoms with Crippen molar-refractivity contribution in [1.82, 2.24) is 14.2 Å². The summed E-state index contributed by atoms with van der Waals surface area (Å²) in [5.74, 6) is 1.57. The number of unbranched alkanes of at least 4 members (excludes halogenated alkanes) is 2. The van der Waals surface area contributed by atoms with Crippen molar-refractivity contribution in [2.24, 2.45) is 0 Å². The first-order chi connectivity index (χ1) is 10.1. The Morgan fingerprint density at radius 1 is 1.33 bits per heavy atom. The van der Waals surface area contributed by atoms with Crippen molar-refractivity contribution >= 4 is 21.8 Å². The second-order valence-corrected chi connectivity index (χ2v) is 7.64. The molecule has 0 radical (unpaired) electrons. The molecule has 0 fully saturated rings. The Kier molecular flexibility index (Phi) is 5.46.